The maximum absolute atomic E-state index is 12.9. The van der Waals surface area contributed by atoms with E-state index in [0.29, 0.717) is 44.2 Å². The molecular weight excluding hydrogens is 528 g/mol. The number of alkyl halides is 2. The molecule has 6 rings (SSSR count). The van der Waals surface area contributed by atoms with E-state index in [1.807, 2.05) is 24.3 Å². The molecule has 1 aromatic carbocycles. The van der Waals surface area contributed by atoms with E-state index in [1.54, 1.807) is 4.90 Å². The van der Waals surface area contributed by atoms with Gasteiger partial charge in [0.1, 0.15) is 5.69 Å². The standard InChI is InChI=1S/C15H15N3O3S.C12H20F2N2O/c19-15(18-5-7-21-8-6-18)14-11-9-22(20)12-4-2-1-3-10(12)13(11)16-17-14;13-12(14)5-9-16(10-12)11(17)4-8-15-6-2-1-3-7-15/h1-4H,5-9H2,(H,16,17);1-10H2. The molecule has 0 aliphatic carbocycles. The summed E-state index contributed by atoms with van der Waals surface area (Å²) in [5.74, 6) is -2.55. The fourth-order valence-electron chi connectivity index (χ4n) is 5.44. The summed E-state index contributed by atoms with van der Waals surface area (Å²) in [5.41, 5.74) is 2.81. The minimum Gasteiger partial charge on any atom is -0.378 e. The summed E-state index contributed by atoms with van der Waals surface area (Å²) in [7, 11) is -1.14. The topological polar surface area (TPSA) is 98.8 Å². The van der Waals surface area contributed by atoms with Crippen LogP contribution in [0.25, 0.3) is 11.3 Å². The third-order valence-electron chi connectivity index (χ3n) is 7.66. The van der Waals surface area contributed by atoms with Crippen molar-refractivity contribution in [2.24, 2.45) is 0 Å². The molecule has 5 heterocycles. The van der Waals surface area contributed by atoms with E-state index in [4.69, 9.17) is 4.74 Å². The first-order chi connectivity index (χ1) is 18.8. The summed E-state index contributed by atoms with van der Waals surface area (Å²) in [4.78, 5) is 30.5. The van der Waals surface area contributed by atoms with Crippen molar-refractivity contribution in [3.63, 3.8) is 0 Å². The zero-order chi connectivity index (χ0) is 27.4. The van der Waals surface area contributed by atoms with Crippen LogP contribution in [0.1, 0.15) is 48.2 Å². The summed E-state index contributed by atoms with van der Waals surface area (Å²) < 4.78 is 43.6. The smallest absolute Gasteiger partial charge is 0.272 e. The van der Waals surface area contributed by atoms with Crippen molar-refractivity contribution in [1.82, 2.24) is 24.9 Å². The average molecular weight is 564 g/mol. The molecular formula is C27H35F2N5O4S. The van der Waals surface area contributed by atoms with Gasteiger partial charge in [-0.1, -0.05) is 24.6 Å². The second-order valence-corrected chi connectivity index (χ2v) is 11.8. The number of aromatic amines is 1. The molecule has 1 N–H and O–H groups in total. The number of morpholine rings is 1. The summed E-state index contributed by atoms with van der Waals surface area (Å²) in [6.07, 6.45) is 3.85. The highest BCUT2D eigenvalue weighted by Gasteiger charge is 2.40. The van der Waals surface area contributed by atoms with Gasteiger partial charge in [-0.15, -0.1) is 0 Å². The predicted molar refractivity (Wildman–Crippen MR) is 142 cm³/mol. The summed E-state index contributed by atoms with van der Waals surface area (Å²) in [5, 5.41) is 7.17. The van der Waals surface area contributed by atoms with E-state index in [2.05, 4.69) is 15.1 Å². The van der Waals surface area contributed by atoms with Crippen molar-refractivity contribution >= 4 is 22.6 Å². The number of amides is 2. The largest absolute Gasteiger partial charge is 0.378 e. The molecule has 9 nitrogen and oxygen atoms in total. The number of nitrogens with zero attached hydrogens (tertiary/aromatic N) is 4. The van der Waals surface area contributed by atoms with Crippen LogP contribution in [0.2, 0.25) is 0 Å². The normalized spacial score (nSPS) is 22.5. The third-order valence-corrected chi connectivity index (χ3v) is 9.05. The molecule has 2 aromatic rings. The lowest BCUT2D eigenvalue weighted by atomic mass is 10.1. The number of carbonyl (C=O) groups is 2. The van der Waals surface area contributed by atoms with Crippen molar-refractivity contribution in [3.8, 4) is 11.3 Å². The Labute approximate surface area is 229 Å². The number of carbonyl (C=O) groups excluding carboxylic acids is 2. The van der Waals surface area contributed by atoms with Gasteiger partial charge in [0.15, 0.2) is 0 Å². The first-order valence-corrected chi connectivity index (χ1v) is 14.9. The Hall–Kier alpha value is -2.70. The maximum Gasteiger partial charge on any atom is 0.272 e. The number of nitrogens with one attached hydrogen (secondary N) is 1. The number of halogens is 2. The molecule has 1 unspecified atom stereocenters. The molecule has 0 radical (unpaired) electrons. The van der Waals surface area contributed by atoms with Gasteiger partial charge in [0, 0.05) is 55.0 Å². The number of aromatic nitrogens is 2. The Kier molecular flexibility index (Phi) is 8.73. The fraction of sp³-hybridized carbons (Fsp3) is 0.593. The summed E-state index contributed by atoms with van der Waals surface area (Å²) >= 11 is 0. The van der Waals surface area contributed by atoms with Gasteiger partial charge in [-0.2, -0.15) is 5.10 Å². The molecule has 212 valence electrons. The first-order valence-electron chi connectivity index (χ1n) is 13.6. The van der Waals surface area contributed by atoms with Crippen molar-refractivity contribution < 1.29 is 27.3 Å². The number of rotatable bonds is 4. The SMILES string of the molecule is O=C(CCN1CCCCC1)N1CCC(F)(F)C1.O=C(c1[nH]nc2c1CS(=O)c1ccccc1-2)N1CCOCC1. The molecule has 12 heteroatoms. The highest BCUT2D eigenvalue weighted by Crippen LogP contribution is 2.36. The van der Waals surface area contributed by atoms with Crippen molar-refractivity contribution in [1.29, 1.82) is 0 Å². The monoisotopic (exact) mass is 563 g/mol. The zero-order valence-electron chi connectivity index (χ0n) is 22.0. The van der Waals surface area contributed by atoms with Crippen LogP contribution in [0.4, 0.5) is 8.78 Å². The lowest BCUT2D eigenvalue weighted by Gasteiger charge is -2.26. The van der Waals surface area contributed by atoms with E-state index in [-0.39, 0.29) is 31.3 Å². The molecule has 39 heavy (non-hydrogen) atoms. The average Bonchev–Trinajstić information content (AvgIpc) is 3.56. The number of likely N-dealkylation sites (tertiary alicyclic amines) is 2. The Morgan fingerprint density at radius 3 is 2.49 bits per heavy atom. The van der Waals surface area contributed by atoms with Crippen LogP contribution >= 0.6 is 0 Å². The summed E-state index contributed by atoms with van der Waals surface area (Å²) in [6, 6.07) is 7.51. The van der Waals surface area contributed by atoms with Gasteiger partial charge >= 0.3 is 0 Å². The maximum atomic E-state index is 12.9. The highest BCUT2D eigenvalue weighted by atomic mass is 32.2. The number of piperidine rings is 1. The minimum absolute atomic E-state index is 0.0894. The van der Waals surface area contributed by atoms with Crippen LogP contribution in [0.5, 0.6) is 0 Å². The molecule has 0 bridgehead atoms. The number of ether oxygens (including phenoxy) is 1. The van der Waals surface area contributed by atoms with Crippen LogP contribution < -0.4 is 0 Å². The highest BCUT2D eigenvalue weighted by molar-refractivity contribution is 7.84. The molecule has 4 aliphatic heterocycles. The van der Waals surface area contributed by atoms with E-state index in [0.717, 1.165) is 41.4 Å². The first kappa shape index (κ1) is 27.9. The minimum atomic E-state index is -2.67. The summed E-state index contributed by atoms with van der Waals surface area (Å²) in [6.45, 7) is 4.90. The van der Waals surface area contributed by atoms with Crippen LogP contribution in [-0.4, -0.2) is 106 Å². The van der Waals surface area contributed by atoms with Gasteiger partial charge in [-0.05, 0) is 32.0 Å². The van der Waals surface area contributed by atoms with Gasteiger partial charge in [0.25, 0.3) is 11.8 Å². The molecule has 3 fully saturated rings. The number of benzene rings is 1. The Morgan fingerprint density at radius 1 is 1.03 bits per heavy atom. The van der Waals surface area contributed by atoms with Gasteiger partial charge in [0.2, 0.25) is 5.91 Å². The molecule has 4 aliphatic rings. The van der Waals surface area contributed by atoms with Gasteiger partial charge in [0.05, 0.1) is 42.0 Å². The number of fused-ring (bicyclic) bond motifs is 3. The fourth-order valence-corrected chi connectivity index (χ4v) is 6.78. The van der Waals surface area contributed by atoms with E-state index in [1.165, 1.54) is 24.2 Å². The lowest BCUT2D eigenvalue weighted by Crippen LogP contribution is -2.41. The third kappa shape index (κ3) is 6.55. The quantitative estimate of drug-likeness (QED) is 0.615. The number of hydrogen-bond donors (Lipinski definition) is 1. The Morgan fingerprint density at radius 2 is 1.77 bits per heavy atom. The van der Waals surface area contributed by atoms with Gasteiger partial charge < -0.3 is 19.4 Å². The zero-order valence-corrected chi connectivity index (χ0v) is 22.8. The number of hydrogen-bond acceptors (Lipinski definition) is 6. The van der Waals surface area contributed by atoms with Crippen LogP contribution in [0, 0.1) is 0 Å². The molecule has 1 atom stereocenters. The second kappa shape index (κ2) is 12.2. The van der Waals surface area contributed by atoms with Crippen molar-refractivity contribution in [2.45, 2.75) is 48.7 Å². The van der Waals surface area contributed by atoms with E-state index < -0.39 is 16.7 Å². The molecule has 3 saturated heterocycles. The van der Waals surface area contributed by atoms with Crippen molar-refractivity contribution in [3.05, 3.63) is 35.5 Å². The number of H-pyrrole nitrogens is 1. The second-order valence-electron chi connectivity index (χ2n) is 10.4. The molecule has 0 spiro atoms. The van der Waals surface area contributed by atoms with E-state index >= 15 is 0 Å². The van der Waals surface area contributed by atoms with Crippen LogP contribution in [-0.2, 0) is 26.1 Å². The van der Waals surface area contributed by atoms with Gasteiger partial charge in [-0.25, -0.2) is 8.78 Å². The lowest BCUT2D eigenvalue weighted by molar-refractivity contribution is -0.132. The van der Waals surface area contributed by atoms with Crippen LogP contribution in [0.15, 0.2) is 29.2 Å². The predicted octanol–water partition coefficient (Wildman–Crippen LogP) is 2.90. The van der Waals surface area contributed by atoms with Crippen LogP contribution in [0.3, 0.4) is 0 Å². The molecule has 1 aromatic heterocycles. The molecule has 2 amide bonds. The van der Waals surface area contributed by atoms with Crippen molar-refractivity contribution in [2.75, 3.05) is 59.0 Å². The molecule has 0 saturated carbocycles. The Bertz CT molecular complexity index is 1210. The van der Waals surface area contributed by atoms with Gasteiger partial charge in [-0.3, -0.25) is 18.9 Å². The Balaban J connectivity index is 0.000000164. The van der Waals surface area contributed by atoms with E-state index in [9.17, 15) is 22.6 Å².